The number of fused-ring (bicyclic) bond motifs is 3. The second-order valence-corrected chi connectivity index (χ2v) is 8.80. The van der Waals surface area contributed by atoms with Gasteiger partial charge in [-0.3, -0.25) is 4.79 Å². The molecule has 0 bridgehead atoms. The molecule has 1 atom stereocenters. The van der Waals surface area contributed by atoms with Gasteiger partial charge in [-0.25, -0.2) is 14.8 Å². The highest BCUT2D eigenvalue weighted by atomic mass is 16.5. The first kappa shape index (κ1) is 20.7. The average molecular weight is 437 g/mol. The zero-order valence-corrected chi connectivity index (χ0v) is 18.4. The van der Waals surface area contributed by atoms with E-state index in [1.807, 2.05) is 43.0 Å². The normalized spacial score (nSPS) is 22.2. The van der Waals surface area contributed by atoms with Gasteiger partial charge in [0.15, 0.2) is 11.6 Å². The Kier molecular flexibility index (Phi) is 5.21. The lowest BCUT2D eigenvalue weighted by atomic mass is 9.93. The summed E-state index contributed by atoms with van der Waals surface area (Å²) in [6.45, 7) is 6.61. The molecular weight excluding hydrogens is 408 g/mol. The monoisotopic (exact) mass is 436 g/mol. The third kappa shape index (κ3) is 3.66. The number of nitrogens with zero attached hydrogens (tertiary/aromatic N) is 4. The van der Waals surface area contributed by atoms with Crippen molar-refractivity contribution in [2.24, 2.45) is 5.92 Å². The minimum Gasteiger partial charge on any atom is -0.377 e. The first-order chi connectivity index (χ1) is 15.5. The van der Waals surface area contributed by atoms with Crippen molar-refractivity contribution in [3.63, 3.8) is 0 Å². The second kappa shape index (κ2) is 8.05. The molecule has 32 heavy (non-hydrogen) atoms. The zero-order valence-electron chi connectivity index (χ0n) is 18.4. The van der Waals surface area contributed by atoms with Gasteiger partial charge in [0.25, 0.3) is 5.91 Å². The summed E-state index contributed by atoms with van der Waals surface area (Å²) in [4.78, 5) is 38.6. The number of carbonyl (C=O) groups excluding carboxylic acids is 2. The van der Waals surface area contributed by atoms with Gasteiger partial charge in [0, 0.05) is 30.9 Å². The summed E-state index contributed by atoms with van der Waals surface area (Å²) in [6.07, 6.45) is 4.09. The molecule has 2 fully saturated rings. The Hall–Kier alpha value is -3.20. The Labute approximate surface area is 187 Å². The summed E-state index contributed by atoms with van der Waals surface area (Å²) in [5.74, 6) is 1.98. The van der Waals surface area contributed by atoms with Crippen LogP contribution in [-0.2, 0) is 9.53 Å². The minimum atomic E-state index is -0.758. The quantitative estimate of drug-likeness (QED) is 0.748. The molecule has 0 spiro atoms. The molecule has 0 radical (unpaired) electrons. The Morgan fingerprint density at radius 3 is 2.78 bits per heavy atom. The predicted octanol–water partition coefficient (Wildman–Crippen LogP) is 2.64. The number of rotatable bonds is 5. The number of hydrogen-bond acceptors (Lipinski definition) is 6. The first-order valence-corrected chi connectivity index (χ1v) is 11.2. The third-order valence-electron chi connectivity index (χ3n) is 6.32. The predicted molar refractivity (Wildman–Crippen MR) is 122 cm³/mol. The topological polar surface area (TPSA) is 99.7 Å². The van der Waals surface area contributed by atoms with E-state index >= 15 is 0 Å². The summed E-state index contributed by atoms with van der Waals surface area (Å²) < 4.78 is 5.70. The highest BCUT2D eigenvalue weighted by Crippen LogP contribution is 2.43. The van der Waals surface area contributed by atoms with E-state index in [1.165, 1.54) is 0 Å². The van der Waals surface area contributed by atoms with Crippen LogP contribution in [0.15, 0.2) is 30.5 Å². The fourth-order valence-corrected chi connectivity index (χ4v) is 4.34. The molecule has 9 nitrogen and oxygen atoms in total. The number of morpholine rings is 1. The van der Waals surface area contributed by atoms with Crippen LogP contribution in [0.25, 0.3) is 11.4 Å². The molecule has 3 aliphatic rings. The third-order valence-corrected chi connectivity index (χ3v) is 6.32. The van der Waals surface area contributed by atoms with Crippen LogP contribution < -0.4 is 20.4 Å². The fourth-order valence-electron chi connectivity index (χ4n) is 4.34. The van der Waals surface area contributed by atoms with Gasteiger partial charge in [0.05, 0.1) is 19.4 Å². The van der Waals surface area contributed by atoms with Crippen LogP contribution in [0.2, 0.25) is 0 Å². The number of nitrogens with one attached hydrogen (secondary N) is 2. The first-order valence-electron chi connectivity index (χ1n) is 11.2. The van der Waals surface area contributed by atoms with Gasteiger partial charge in [-0.2, -0.15) is 0 Å². The van der Waals surface area contributed by atoms with Crippen molar-refractivity contribution >= 4 is 29.1 Å². The van der Waals surface area contributed by atoms with Crippen molar-refractivity contribution < 1.29 is 14.3 Å². The molecule has 2 N–H and O–H groups in total. The molecule has 3 amide bonds. The SMILES string of the molecule is CCNC(=O)Nc1ccc(-c2ncc3c(n2)N2CCOCC2(C)C(=O)N3CC2CC2)cc1. The van der Waals surface area contributed by atoms with Crippen LogP contribution in [-0.4, -0.2) is 60.3 Å². The van der Waals surface area contributed by atoms with Crippen LogP contribution in [0.3, 0.4) is 0 Å². The average Bonchev–Trinajstić information content (AvgIpc) is 3.61. The van der Waals surface area contributed by atoms with Crippen molar-refractivity contribution in [2.45, 2.75) is 32.2 Å². The Bertz CT molecular complexity index is 1040. The van der Waals surface area contributed by atoms with Crippen LogP contribution in [0, 0.1) is 5.92 Å². The lowest BCUT2D eigenvalue weighted by Crippen LogP contribution is -2.67. The molecule has 1 saturated carbocycles. The van der Waals surface area contributed by atoms with Crippen molar-refractivity contribution in [3.8, 4) is 11.4 Å². The summed E-state index contributed by atoms with van der Waals surface area (Å²) >= 11 is 0. The number of aromatic nitrogens is 2. The van der Waals surface area contributed by atoms with Gasteiger partial charge in [-0.15, -0.1) is 0 Å². The highest BCUT2D eigenvalue weighted by molar-refractivity contribution is 6.08. The molecule has 5 rings (SSSR count). The molecule has 2 aromatic rings. The Morgan fingerprint density at radius 1 is 1.28 bits per heavy atom. The molecular formula is C23H28N6O3. The smallest absolute Gasteiger partial charge is 0.319 e. The van der Waals surface area contributed by atoms with E-state index in [2.05, 4.69) is 20.5 Å². The van der Waals surface area contributed by atoms with Crippen molar-refractivity contribution in [1.82, 2.24) is 15.3 Å². The molecule has 1 unspecified atom stereocenters. The summed E-state index contributed by atoms with van der Waals surface area (Å²) in [5.41, 5.74) is 1.56. The molecule has 1 aromatic heterocycles. The molecule has 3 heterocycles. The summed E-state index contributed by atoms with van der Waals surface area (Å²) in [6, 6.07) is 7.19. The molecule has 1 aliphatic carbocycles. The van der Waals surface area contributed by atoms with Crippen molar-refractivity contribution in [2.75, 3.05) is 48.0 Å². The van der Waals surface area contributed by atoms with Gasteiger partial charge in [-0.05, 0) is 56.9 Å². The molecule has 1 saturated heterocycles. The van der Waals surface area contributed by atoms with E-state index in [9.17, 15) is 9.59 Å². The Morgan fingerprint density at radius 2 is 2.06 bits per heavy atom. The van der Waals surface area contributed by atoms with Gasteiger partial charge >= 0.3 is 6.03 Å². The van der Waals surface area contributed by atoms with E-state index in [-0.39, 0.29) is 11.9 Å². The van der Waals surface area contributed by atoms with E-state index in [1.54, 1.807) is 6.20 Å². The van der Waals surface area contributed by atoms with Crippen LogP contribution in [0.5, 0.6) is 0 Å². The van der Waals surface area contributed by atoms with Gasteiger partial charge in [0.1, 0.15) is 11.2 Å². The van der Waals surface area contributed by atoms with E-state index in [4.69, 9.17) is 9.72 Å². The highest BCUT2D eigenvalue weighted by Gasteiger charge is 2.51. The standard InChI is InChI=1S/C23H28N6O3/c1-3-24-22(31)26-17-8-6-16(7-9-17)19-25-12-18-20(27-19)29-10-11-32-14-23(29,2)21(30)28(18)13-15-4-5-15/h6-9,12,15H,3-5,10-11,13-14H2,1-2H3,(H2,24,26,31). The number of urea groups is 1. The molecule has 168 valence electrons. The number of amides is 3. The zero-order chi connectivity index (χ0) is 22.3. The largest absolute Gasteiger partial charge is 0.377 e. The number of carbonyl (C=O) groups is 2. The molecule has 2 aliphatic heterocycles. The number of anilines is 3. The maximum absolute atomic E-state index is 13.4. The van der Waals surface area contributed by atoms with Gasteiger partial charge in [-0.1, -0.05) is 0 Å². The van der Waals surface area contributed by atoms with Gasteiger partial charge in [0.2, 0.25) is 0 Å². The van der Waals surface area contributed by atoms with E-state index in [0.29, 0.717) is 50.3 Å². The number of hydrogen-bond donors (Lipinski definition) is 2. The summed E-state index contributed by atoms with van der Waals surface area (Å²) in [5, 5.41) is 5.50. The van der Waals surface area contributed by atoms with Gasteiger partial charge < -0.3 is 25.2 Å². The maximum atomic E-state index is 13.4. The molecule has 9 heteroatoms. The van der Waals surface area contributed by atoms with Crippen molar-refractivity contribution in [1.29, 1.82) is 0 Å². The summed E-state index contributed by atoms with van der Waals surface area (Å²) in [7, 11) is 0. The number of benzene rings is 1. The lowest BCUT2D eigenvalue weighted by molar-refractivity contribution is -0.127. The number of ether oxygens (including phenoxy) is 1. The van der Waals surface area contributed by atoms with Crippen LogP contribution in [0.4, 0.5) is 22.0 Å². The lowest BCUT2D eigenvalue weighted by Gasteiger charge is -2.50. The van der Waals surface area contributed by atoms with Crippen molar-refractivity contribution in [3.05, 3.63) is 30.5 Å². The van der Waals surface area contributed by atoms with Crippen LogP contribution in [0.1, 0.15) is 26.7 Å². The Balaban J connectivity index is 1.48. The van der Waals surface area contributed by atoms with Crippen LogP contribution >= 0.6 is 0 Å². The van der Waals surface area contributed by atoms with E-state index < -0.39 is 5.54 Å². The van der Waals surface area contributed by atoms with E-state index in [0.717, 1.165) is 29.9 Å². The minimum absolute atomic E-state index is 0.0636. The fraction of sp³-hybridized carbons (Fsp3) is 0.478. The molecule has 1 aromatic carbocycles. The second-order valence-electron chi connectivity index (χ2n) is 8.80. The maximum Gasteiger partial charge on any atom is 0.319 e.